The lowest BCUT2D eigenvalue weighted by Gasteiger charge is -2.28. The molecule has 1 aromatic rings. The van der Waals surface area contributed by atoms with Crippen LogP contribution in [0.5, 0.6) is 0 Å². The van der Waals surface area contributed by atoms with Gasteiger partial charge in [0.25, 0.3) is 5.91 Å². The van der Waals surface area contributed by atoms with Crippen LogP contribution in [-0.2, 0) is 0 Å². The van der Waals surface area contributed by atoms with Gasteiger partial charge >= 0.3 is 0 Å². The van der Waals surface area contributed by atoms with Crippen LogP contribution in [0.15, 0.2) is 22.7 Å². The van der Waals surface area contributed by atoms with E-state index in [1.165, 1.54) is 18.6 Å². The number of hydrogen-bond acceptors (Lipinski definition) is 2. The second kappa shape index (κ2) is 6.75. The molecule has 104 valence electrons. The molecule has 0 saturated heterocycles. The minimum absolute atomic E-state index is 0.196. The van der Waals surface area contributed by atoms with Gasteiger partial charge in [-0.3, -0.25) is 4.79 Å². The summed E-state index contributed by atoms with van der Waals surface area (Å²) in [6.07, 6.45) is 6.48. The van der Waals surface area contributed by atoms with E-state index in [4.69, 9.17) is 0 Å². The fourth-order valence-electron chi connectivity index (χ4n) is 2.42. The number of rotatable bonds is 3. The zero-order valence-electron chi connectivity index (χ0n) is 10.8. The first-order valence-corrected chi connectivity index (χ1v) is 8.47. The molecule has 0 bridgehead atoms. The van der Waals surface area contributed by atoms with Crippen molar-refractivity contribution < 1.29 is 9.18 Å². The maximum absolute atomic E-state index is 13.2. The summed E-state index contributed by atoms with van der Waals surface area (Å²) in [5.41, 5.74) is 0.367. The monoisotopic (exact) mass is 345 g/mol. The molecule has 1 aromatic carbocycles. The highest BCUT2D eigenvalue weighted by molar-refractivity contribution is 9.10. The lowest BCUT2D eigenvalue weighted by atomic mass is 9.94. The molecule has 1 aliphatic carbocycles. The van der Waals surface area contributed by atoms with E-state index in [0.717, 1.165) is 19.3 Å². The minimum atomic E-state index is -0.390. The van der Waals surface area contributed by atoms with Crippen molar-refractivity contribution in [3.63, 3.8) is 0 Å². The molecule has 0 aliphatic heterocycles. The third kappa shape index (κ3) is 3.96. The fourth-order valence-corrected chi connectivity index (χ4v) is 3.68. The Morgan fingerprint density at radius 1 is 1.47 bits per heavy atom. The van der Waals surface area contributed by atoms with E-state index in [2.05, 4.69) is 27.5 Å². The highest BCUT2D eigenvalue weighted by Crippen LogP contribution is 2.27. The number of halogens is 2. The van der Waals surface area contributed by atoms with Crippen molar-refractivity contribution in [2.75, 3.05) is 6.26 Å². The van der Waals surface area contributed by atoms with Crippen molar-refractivity contribution in [3.05, 3.63) is 34.1 Å². The van der Waals surface area contributed by atoms with Gasteiger partial charge in [0.15, 0.2) is 0 Å². The molecular weight excluding hydrogens is 329 g/mol. The number of nitrogens with one attached hydrogen (secondary N) is 1. The Labute approximate surface area is 125 Å². The summed E-state index contributed by atoms with van der Waals surface area (Å²) in [5.74, 6) is -0.586. The maximum atomic E-state index is 13.2. The molecule has 1 fully saturated rings. The summed E-state index contributed by atoms with van der Waals surface area (Å²) in [7, 11) is 0. The van der Waals surface area contributed by atoms with Crippen LogP contribution in [0.1, 0.15) is 36.0 Å². The number of benzene rings is 1. The van der Waals surface area contributed by atoms with Crippen LogP contribution in [0, 0.1) is 5.82 Å². The summed E-state index contributed by atoms with van der Waals surface area (Å²) < 4.78 is 13.8. The quantitative estimate of drug-likeness (QED) is 0.897. The number of thioether (sulfide) groups is 1. The molecule has 0 spiro atoms. The highest BCUT2D eigenvalue weighted by atomic mass is 79.9. The van der Waals surface area contributed by atoms with Gasteiger partial charge in [0.2, 0.25) is 0 Å². The molecule has 1 saturated carbocycles. The van der Waals surface area contributed by atoms with Gasteiger partial charge in [-0.1, -0.05) is 6.42 Å². The molecule has 0 radical (unpaired) electrons. The van der Waals surface area contributed by atoms with Gasteiger partial charge in [-0.25, -0.2) is 4.39 Å². The Morgan fingerprint density at radius 3 is 3.00 bits per heavy atom. The van der Waals surface area contributed by atoms with Crippen LogP contribution < -0.4 is 5.32 Å². The van der Waals surface area contributed by atoms with E-state index < -0.39 is 0 Å². The van der Waals surface area contributed by atoms with E-state index in [1.807, 2.05) is 11.8 Å². The third-order valence-electron chi connectivity index (χ3n) is 3.47. The summed E-state index contributed by atoms with van der Waals surface area (Å²) >= 11 is 5.15. The molecule has 2 atom stereocenters. The van der Waals surface area contributed by atoms with Gasteiger partial charge in [-0.2, -0.15) is 11.8 Å². The molecule has 2 nitrogen and oxygen atoms in total. The number of hydrogen-bond donors (Lipinski definition) is 1. The molecule has 5 heteroatoms. The Balaban J connectivity index is 2.02. The van der Waals surface area contributed by atoms with Crippen LogP contribution in [0.3, 0.4) is 0 Å². The van der Waals surface area contributed by atoms with Gasteiger partial charge in [-0.05, 0) is 59.6 Å². The average Bonchev–Trinajstić information content (AvgIpc) is 2.41. The minimum Gasteiger partial charge on any atom is -0.349 e. The van der Waals surface area contributed by atoms with E-state index >= 15 is 0 Å². The van der Waals surface area contributed by atoms with Crippen LogP contribution in [0.25, 0.3) is 0 Å². The van der Waals surface area contributed by atoms with Crippen LogP contribution >= 0.6 is 27.7 Å². The highest BCUT2D eigenvalue weighted by Gasteiger charge is 2.23. The molecule has 1 N–H and O–H groups in total. The summed E-state index contributed by atoms with van der Waals surface area (Å²) in [6.45, 7) is 0. The number of carbonyl (C=O) groups excluding carboxylic acids is 1. The second-order valence-electron chi connectivity index (χ2n) is 4.82. The Kier molecular flexibility index (Phi) is 5.28. The van der Waals surface area contributed by atoms with E-state index in [-0.39, 0.29) is 17.8 Å². The van der Waals surface area contributed by atoms with Gasteiger partial charge in [0, 0.05) is 15.8 Å². The van der Waals surface area contributed by atoms with E-state index in [0.29, 0.717) is 15.3 Å². The normalized spacial score (nSPS) is 23.1. The summed E-state index contributed by atoms with van der Waals surface area (Å²) in [5, 5.41) is 3.64. The van der Waals surface area contributed by atoms with Crippen LogP contribution in [-0.4, -0.2) is 23.5 Å². The van der Waals surface area contributed by atoms with Gasteiger partial charge in [-0.15, -0.1) is 0 Å². The SMILES string of the molecule is CSC1CCCC(NC(=O)c2cc(F)ccc2Br)C1. The molecule has 1 aliphatic rings. The first-order valence-electron chi connectivity index (χ1n) is 6.39. The summed E-state index contributed by atoms with van der Waals surface area (Å²) in [4.78, 5) is 12.2. The van der Waals surface area contributed by atoms with Crippen molar-refractivity contribution >= 4 is 33.6 Å². The largest absolute Gasteiger partial charge is 0.349 e. The molecule has 2 rings (SSSR count). The first-order chi connectivity index (χ1) is 9.10. The standard InChI is InChI=1S/C14H17BrFNOS/c1-19-11-4-2-3-10(8-11)17-14(18)12-7-9(16)5-6-13(12)15/h5-7,10-11H,2-4,8H2,1H3,(H,17,18). The molecule has 19 heavy (non-hydrogen) atoms. The van der Waals surface area contributed by atoms with Gasteiger partial charge < -0.3 is 5.32 Å². The Morgan fingerprint density at radius 2 is 2.26 bits per heavy atom. The zero-order valence-corrected chi connectivity index (χ0v) is 13.2. The number of carbonyl (C=O) groups is 1. The fraction of sp³-hybridized carbons (Fsp3) is 0.500. The van der Waals surface area contributed by atoms with Crippen molar-refractivity contribution in [1.29, 1.82) is 0 Å². The molecule has 0 heterocycles. The van der Waals surface area contributed by atoms with E-state index in [9.17, 15) is 9.18 Å². The van der Waals surface area contributed by atoms with Crippen molar-refractivity contribution in [2.24, 2.45) is 0 Å². The predicted molar refractivity (Wildman–Crippen MR) is 81.1 cm³/mol. The summed E-state index contributed by atoms with van der Waals surface area (Å²) in [6, 6.07) is 4.38. The predicted octanol–water partition coefficient (Wildman–Crippen LogP) is 3.99. The third-order valence-corrected chi connectivity index (χ3v) is 5.25. The first kappa shape index (κ1) is 14.9. The molecular formula is C14H17BrFNOS. The smallest absolute Gasteiger partial charge is 0.252 e. The topological polar surface area (TPSA) is 29.1 Å². The average molecular weight is 346 g/mol. The lowest BCUT2D eigenvalue weighted by Crippen LogP contribution is -2.39. The second-order valence-corrected chi connectivity index (χ2v) is 6.81. The van der Waals surface area contributed by atoms with E-state index in [1.54, 1.807) is 6.07 Å². The Bertz CT molecular complexity index is 469. The molecule has 1 amide bonds. The van der Waals surface area contributed by atoms with Gasteiger partial charge in [0.05, 0.1) is 5.56 Å². The zero-order chi connectivity index (χ0) is 13.8. The van der Waals surface area contributed by atoms with Crippen molar-refractivity contribution in [2.45, 2.75) is 37.0 Å². The van der Waals surface area contributed by atoms with Gasteiger partial charge in [0.1, 0.15) is 5.82 Å². The van der Waals surface area contributed by atoms with Crippen LogP contribution in [0.2, 0.25) is 0 Å². The van der Waals surface area contributed by atoms with Crippen molar-refractivity contribution in [1.82, 2.24) is 5.32 Å². The van der Waals surface area contributed by atoms with Crippen molar-refractivity contribution in [3.8, 4) is 0 Å². The Hall–Kier alpha value is -0.550. The number of amides is 1. The maximum Gasteiger partial charge on any atom is 0.252 e. The lowest BCUT2D eigenvalue weighted by molar-refractivity contribution is 0.0927. The van der Waals surface area contributed by atoms with Crippen LogP contribution in [0.4, 0.5) is 4.39 Å². The molecule has 0 aromatic heterocycles. The molecule has 2 unspecified atom stereocenters.